The number of aromatic nitrogens is 4. The van der Waals surface area contributed by atoms with E-state index in [4.69, 9.17) is 4.98 Å². The highest BCUT2D eigenvalue weighted by Gasteiger charge is 2.36. The molecule has 0 atom stereocenters. The Morgan fingerprint density at radius 1 is 0.575 bits per heavy atom. The van der Waals surface area contributed by atoms with Gasteiger partial charge in [0.05, 0.1) is 33.8 Å². The first-order valence-electron chi connectivity index (χ1n) is 13.6. The van der Waals surface area contributed by atoms with Crippen molar-refractivity contribution < 1.29 is 0 Å². The number of benzene rings is 3. The zero-order valence-electron chi connectivity index (χ0n) is 22.3. The molecule has 0 saturated carbocycles. The van der Waals surface area contributed by atoms with Gasteiger partial charge in [0.25, 0.3) is 0 Å². The van der Waals surface area contributed by atoms with Gasteiger partial charge >= 0.3 is 0 Å². The van der Waals surface area contributed by atoms with Gasteiger partial charge in [-0.2, -0.15) is 0 Å². The molecular formula is C36H26N4. The molecule has 0 spiro atoms. The van der Waals surface area contributed by atoms with Gasteiger partial charge in [0.2, 0.25) is 0 Å². The average Bonchev–Trinajstić information content (AvgIpc) is 3.45. The van der Waals surface area contributed by atoms with Crippen LogP contribution in [0.2, 0.25) is 0 Å². The van der Waals surface area contributed by atoms with Gasteiger partial charge in [-0.1, -0.05) is 62.4 Å². The van der Waals surface area contributed by atoms with Crippen molar-refractivity contribution in [1.82, 2.24) is 19.5 Å². The van der Waals surface area contributed by atoms with E-state index in [0.717, 1.165) is 28.3 Å². The van der Waals surface area contributed by atoms with Crippen LogP contribution < -0.4 is 0 Å². The van der Waals surface area contributed by atoms with Crippen LogP contribution in [0.25, 0.3) is 61.3 Å². The lowest BCUT2D eigenvalue weighted by Crippen LogP contribution is -2.14. The lowest BCUT2D eigenvalue weighted by atomic mass is 9.82. The zero-order valence-corrected chi connectivity index (χ0v) is 22.3. The largest absolute Gasteiger partial charge is 0.309 e. The number of hydrogen-bond acceptors (Lipinski definition) is 3. The van der Waals surface area contributed by atoms with E-state index >= 15 is 0 Å². The lowest BCUT2D eigenvalue weighted by molar-refractivity contribution is 0.661. The Kier molecular flexibility index (Phi) is 4.83. The number of hydrogen-bond donors (Lipinski definition) is 0. The molecule has 0 bridgehead atoms. The Morgan fingerprint density at radius 3 is 2.20 bits per heavy atom. The van der Waals surface area contributed by atoms with E-state index in [0.29, 0.717) is 0 Å². The van der Waals surface area contributed by atoms with Crippen LogP contribution in [0, 0.1) is 0 Å². The smallest absolute Gasteiger partial charge is 0.0914 e. The predicted molar refractivity (Wildman–Crippen MR) is 163 cm³/mol. The quantitative estimate of drug-likeness (QED) is 0.237. The second-order valence-corrected chi connectivity index (χ2v) is 11.0. The number of pyridine rings is 3. The first kappa shape index (κ1) is 22.9. The third kappa shape index (κ3) is 3.29. The monoisotopic (exact) mass is 514 g/mol. The Morgan fingerprint density at radius 2 is 1.35 bits per heavy atom. The molecule has 0 N–H and O–H groups in total. The summed E-state index contributed by atoms with van der Waals surface area (Å²) < 4.78 is 2.39. The maximum absolute atomic E-state index is 5.05. The molecule has 190 valence electrons. The van der Waals surface area contributed by atoms with Crippen molar-refractivity contribution >= 4 is 21.8 Å². The van der Waals surface area contributed by atoms with E-state index in [1.165, 1.54) is 44.1 Å². The van der Waals surface area contributed by atoms with Gasteiger partial charge in [-0.3, -0.25) is 9.97 Å². The van der Waals surface area contributed by atoms with Crippen molar-refractivity contribution in [3.05, 3.63) is 133 Å². The molecule has 4 heterocycles. The first-order valence-corrected chi connectivity index (χ1v) is 13.6. The maximum Gasteiger partial charge on any atom is 0.0914 e. The fourth-order valence-corrected chi connectivity index (χ4v) is 6.40. The highest BCUT2D eigenvalue weighted by Crippen LogP contribution is 2.51. The molecule has 0 unspecified atom stereocenters. The molecule has 0 amide bonds. The van der Waals surface area contributed by atoms with Crippen molar-refractivity contribution in [3.8, 4) is 39.5 Å². The van der Waals surface area contributed by atoms with Gasteiger partial charge in [0, 0.05) is 40.3 Å². The second-order valence-electron chi connectivity index (χ2n) is 11.0. The van der Waals surface area contributed by atoms with E-state index < -0.39 is 0 Å². The highest BCUT2D eigenvalue weighted by molar-refractivity contribution is 6.11. The van der Waals surface area contributed by atoms with Crippen molar-refractivity contribution in [2.24, 2.45) is 0 Å². The number of rotatable bonds is 3. The van der Waals surface area contributed by atoms with Gasteiger partial charge in [0.15, 0.2) is 0 Å². The fraction of sp³-hybridized carbons (Fsp3) is 0.0833. The van der Waals surface area contributed by atoms with Gasteiger partial charge in [-0.15, -0.1) is 0 Å². The number of nitrogens with zero attached hydrogens (tertiary/aromatic N) is 4. The molecule has 0 saturated heterocycles. The molecule has 7 aromatic rings. The lowest BCUT2D eigenvalue weighted by Gasteiger charge is -2.21. The summed E-state index contributed by atoms with van der Waals surface area (Å²) in [5, 5.41) is 2.51. The van der Waals surface area contributed by atoms with Crippen molar-refractivity contribution in [2.45, 2.75) is 19.3 Å². The zero-order chi connectivity index (χ0) is 26.8. The summed E-state index contributed by atoms with van der Waals surface area (Å²) in [6, 6.07) is 36.7. The van der Waals surface area contributed by atoms with Gasteiger partial charge in [0.1, 0.15) is 0 Å². The van der Waals surface area contributed by atoms with E-state index in [9.17, 15) is 0 Å². The van der Waals surface area contributed by atoms with E-state index in [-0.39, 0.29) is 5.41 Å². The molecule has 4 heteroatoms. The molecule has 0 radical (unpaired) electrons. The molecule has 40 heavy (non-hydrogen) atoms. The van der Waals surface area contributed by atoms with Crippen LogP contribution in [0.5, 0.6) is 0 Å². The van der Waals surface area contributed by atoms with Crippen molar-refractivity contribution in [3.63, 3.8) is 0 Å². The normalized spacial score (nSPS) is 13.4. The Labute approximate surface area is 232 Å². The molecule has 0 aliphatic heterocycles. The Hall–Kier alpha value is -5.09. The summed E-state index contributed by atoms with van der Waals surface area (Å²) in [6.07, 6.45) is 5.44. The van der Waals surface area contributed by atoms with Crippen LogP contribution in [0.15, 0.2) is 122 Å². The standard InChI is InChI=1S/C36H26N4/c1-36(2)29-11-5-3-9-25(29)27-22-35-28(21-30(27)36)26-10-4-6-13-34(26)40(35)24-19-32(23-14-17-37-18-15-23)39-33(20-24)31-12-7-8-16-38-31/h3-22H,1-2H3. The Balaban J connectivity index is 1.47. The minimum Gasteiger partial charge on any atom is -0.309 e. The molecule has 0 fully saturated rings. The summed E-state index contributed by atoms with van der Waals surface area (Å²) in [6.45, 7) is 4.68. The molecular weight excluding hydrogens is 488 g/mol. The van der Waals surface area contributed by atoms with Crippen molar-refractivity contribution in [1.29, 1.82) is 0 Å². The summed E-state index contributed by atoms with van der Waals surface area (Å²) in [7, 11) is 0. The van der Waals surface area contributed by atoms with Crippen LogP contribution in [0.3, 0.4) is 0 Å². The van der Waals surface area contributed by atoms with Gasteiger partial charge in [-0.05, 0) is 76.9 Å². The third-order valence-corrected chi connectivity index (χ3v) is 8.35. The van der Waals surface area contributed by atoms with E-state index in [1.807, 2.05) is 48.9 Å². The van der Waals surface area contributed by atoms with Crippen LogP contribution in [-0.2, 0) is 5.41 Å². The van der Waals surface area contributed by atoms with Crippen molar-refractivity contribution in [2.75, 3.05) is 0 Å². The van der Waals surface area contributed by atoms with E-state index in [1.54, 1.807) is 0 Å². The van der Waals surface area contributed by atoms with Crippen LogP contribution in [-0.4, -0.2) is 19.5 Å². The minimum atomic E-state index is -0.0549. The van der Waals surface area contributed by atoms with Crippen LogP contribution in [0.4, 0.5) is 0 Å². The summed E-state index contributed by atoms with van der Waals surface area (Å²) in [5.41, 5.74) is 12.3. The molecule has 1 aliphatic rings. The molecule has 4 nitrogen and oxygen atoms in total. The van der Waals surface area contributed by atoms with E-state index in [2.05, 4.69) is 101 Å². The summed E-state index contributed by atoms with van der Waals surface area (Å²) in [5.74, 6) is 0. The minimum absolute atomic E-state index is 0.0549. The van der Waals surface area contributed by atoms with Gasteiger partial charge < -0.3 is 4.57 Å². The molecule has 1 aliphatic carbocycles. The predicted octanol–water partition coefficient (Wildman–Crippen LogP) is 8.61. The Bertz CT molecular complexity index is 2010. The highest BCUT2D eigenvalue weighted by atomic mass is 15.0. The molecule has 3 aromatic carbocycles. The number of para-hydroxylation sites is 1. The SMILES string of the molecule is CC1(C)c2ccccc2-c2cc3c(cc21)c1ccccc1n3-c1cc(-c2ccncc2)nc(-c2ccccn2)c1. The maximum atomic E-state index is 5.05. The number of fused-ring (bicyclic) bond motifs is 6. The fourth-order valence-electron chi connectivity index (χ4n) is 6.40. The summed E-state index contributed by atoms with van der Waals surface area (Å²) in [4.78, 5) is 13.9. The van der Waals surface area contributed by atoms with Crippen LogP contribution >= 0.6 is 0 Å². The van der Waals surface area contributed by atoms with Gasteiger partial charge in [-0.25, -0.2) is 4.98 Å². The second kappa shape index (κ2) is 8.45. The molecule has 8 rings (SSSR count). The third-order valence-electron chi connectivity index (χ3n) is 8.35. The topological polar surface area (TPSA) is 43.6 Å². The summed E-state index contributed by atoms with van der Waals surface area (Å²) >= 11 is 0. The van der Waals surface area contributed by atoms with Crippen LogP contribution in [0.1, 0.15) is 25.0 Å². The average molecular weight is 515 g/mol. The first-order chi connectivity index (χ1) is 19.6. The molecule has 4 aromatic heterocycles.